The number of alkyl halides is 1. The quantitative estimate of drug-likeness (QED) is 0.538. The molecule has 0 radical (unpaired) electrons. The molecule has 0 bridgehead atoms. The van der Waals surface area contributed by atoms with Crippen molar-refractivity contribution in [1.82, 2.24) is 0 Å². The molecule has 1 aromatic heterocycles. The van der Waals surface area contributed by atoms with Gasteiger partial charge < -0.3 is 0 Å². The average Bonchev–Trinajstić information content (AvgIpc) is 2.41. The largest absolute Gasteiger partial charge is 0.149 e. The van der Waals surface area contributed by atoms with Crippen LogP contribution in [0.3, 0.4) is 0 Å². The highest BCUT2D eigenvalue weighted by Crippen LogP contribution is 2.09. The molecule has 0 aliphatic heterocycles. The van der Waals surface area contributed by atoms with Crippen molar-refractivity contribution in [3.05, 3.63) is 34.5 Å². The summed E-state index contributed by atoms with van der Waals surface area (Å²) in [6.45, 7) is 0. The summed E-state index contributed by atoms with van der Waals surface area (Å²) in [5.74, 6) is 0. The van der Waals surface area contributed by atoms with Gasteiger partial charge in [-0.1, -0.05) is 34.1 Å². The van der Waals surface area contributed by atoms with E-state index in [-0.39, 0.29) is 0 Å². The van der Waals surface area contributed by atoms with E-state index in [2.05, 4.69) is 45.6 Å². The number of rotatable bonds is 3. The van der Waals surface area contributed by atoms with Gasteiger partial charge in [-0.25, -0.2) is 0 Å². The molecule has 0 aromatic carbocycles. The second-order valence-electron chi connectivity index (χ2n) is 1.91. The first-order chi connectivity index (χ1) is 4.93. The lowest BCUT2D eigenvalue weighted by molar-refractivity contribution is 1.34. The lowest BCUT2D eigenvalue weighted by atomic mass is 10.3. The number of allylic oxidation sites excluding steroid dienone is 2. The Hall–Kier alpha value is -0.0800. The van der Waals surface area contributed by atoms with Crippen LogP contribution in [0.15, 0.2) is 29.7 Å². The standard InChI is InChI=1S/C8H9BrS/c9-6-2-1-4-8-5-3-7-10-8/h1-3,5,7H,4,6H2/b2-1+. The zero-order valence-corrected chi connectivity index (χ0v) is 7.99. The third kappa shape index (κ3) is 2.67. The van der Waals surface area contributed by atoms with Crippen LogP contribution in [0.4, 0.5) is 0 Å². The molecule has 0 saturated carbocycles. The molecular weight excluding hydrogens is 208 g/mol. The van der Waals surface area contributed by atoms with E-state index in [0.29, 0.717) is 0 Å². The van der Waals surface area contributed by atoms with Gasteiger partial charge in [-0.3, -0.25) is 0 Å². The second kappa shape index (κ2) is 4.69. The fourth-order valence-corrected chi connectivity index (χ4v) is 1.64. The summed E-state index contributed by atoms with van der Waals surface area (Å²) >= 11 is 5.14. The first-order valence-electron chi connectivity index (χ1n) is 3.17. The SMILES string of the molecule is BrC/C=C/Cc1cccs1. The summed E-state index contributed by atoms with van der Waals surface area (Å²) < 4.78 is 0. The Morgan fingerprint density at radius 2 is 2.40 bits per heavy atom. The van der Waals surface area contributed by atoms with Crippen molar-refractivity contribution in [2.24, 2.45) is 0 Å². The highest BCUT2D eigenvalue weighted by molar-refractivity contribution is 9.09. The fraction of sp³-hybridized carbons (Fsp3) is 0.250. The zero-order valence-electron chi connectivity index (χ0n) is 5.59. The summed E-state index contributed by atoms with van der Waals surface area (Å²) in [5, 5.41) is 3.07. The Balaban J connectivity index is 2.34. The molecule has 0 aliphatic carbocycles. The Bertz CT molecular complexity index is 189. The first-order valence-corrected chi connectivity index (χ1v) is 5.17. The fourth-order valence-electron chi connectivity index (χ4n) is 0.691. The van der Waals surface area contributed by atoms with Gasteiger partial charge in [-0.15, -0.1) is 11.3 Å². The first kappa shape index (κ1) is 8.02. The van der Waals surface area contributed by atoms with Crippen LogP contribution < -0.4 is 0 Å². The maximum absolute atomic E-state index is 3.33. The summed E-state index contributed by atoms with van der Waals surface area (Å²) in [4.78, 5) is 1.43. The minimum atomic E-state index is 0.957. The molecule has 0 atom stereocenters. The Kier molecular flexibility index (Phi) is 3.76. The van der Waals surface area contributed by atoms with Crippen LogP contribution in [0, 0.1) is 0 Å². The van der Waals surface area contributed by atoms with Crippen molar-refractivity contribution < 1.29 is 0 Å². The second-order valence-corrected chi connectivity index (χ2v) is 3.59. The summed E-state index contributed by atoms with van der Waals surface area (Å²) in [5.41, 5.74) is 0. The zero-order chi connectivity index (χ0) is 7.23. The molecular formula is C8H9BrS. The minimum absolute atomic E-state index is 0.957. The van der Waals surface area contributed by atoms with Crippen molar-refractivity contribution in [2.75, 3.05) is 5.33 Å². The van der Waals surface area contributed by atoms with E-state index in [4.69, 9.17) is 0 Å². The van der Waals surface area contributed by atoms with Crippen LogP contribution in [-0.4, -0.2) is 5.33 Å². The Morgan fingerprint density at radius 1 is 1.50 bits per heavy atom. The van der Waals surface area contributed by atoms with Crippen LogP contribution in [-0.2, 0) is 6.42 Å². The lowest BCUT2D eigenvalue weighted by Crippen LogP contribution is -1.70. The molecule has 1 rings (SSSR count). The molecule has 0 spiro atoms. The Morgan fingerprint density at radius 3 is 3.00 bits per heavy atom. The summed E-state index contributed by atoms with van der Waals surface area (Å²) in [7, 11) is 0. The number of hydrogen-bond donors (Lipinski definition) is 0. The van der Waals surface area contributed by atoms with Crippen molar-refractivity contribution in [2.45, 2.75) is 6.42 Å². The minimum Gasteiger partial charge on any atom is -0.149 e. The number of thiophene rings is 1. The van der Waals surface area contributed by atoms with E-state index in [0.717, 1.165) is 11.8 Å². The normalized spacial score (nSPS) is 10.9. The topological polar surface area (TPSA) is 0 Å². The molecule has 0 unspecified atom stereocenters. The molecule has 54 valence electrons. The van der Waals surface area contributed by atoms with Gasteiger partial charge in [-0.2, -0.15) is 0 Å². The van der Waals surface area contributed by atoms with E-state index in [1.54, 1.807) is 11.3 Å². The van der Waals surface area contributed by atoms with Crippen LogP contribution in [0.1, 0.15) is 4.88 Å². The molecule has 0 N–H and O–H groups in total. The highest BCUT2D eigenvalue weighted by Gasteiger charge is 1.86. The molecule has 0 aliphatic rings. The van der Waals surface area contributed by atoms with Gasteiger partial charge in [0.05, 0.1) is 0 Å². The van der Waals surface area contributed by atoms with Gasteiger partial charge >= 0.3 is 0 Å². The van der Waals surface area contributed by atoms with Crippen LogP contribution >= 0.6 is 27.3 Å². The van der Waals surface area contributed by atoms with Gasteiger partial charge in [0.15, 0.2) is 0 Å². The Labute approximate surface area is 73.7 Å². The van der Waals surface area contributed by atoms with Gasteiger partial charge in [0.25, 0.3) is 0 Å². The maximum Gasteiger partial charge on any atom is 0.0212 e. The monoisotopic (exact) mass is 216 g/mol. The van der Waals surface area contributed by atoms with Crippen molar-refractivity contribution in [3.8, 4) is 0 Å². The third-order valence-corrected chi connectivity index (χ3v) is 2.43. The van der Waals surface area contributed by atoms with Gasteiger partial charge in [0.2, 0.25) is 0 Å². The van der Waals surface area contributed by atoms with Gasteiger partial charge in [0, 0.05) is 10.2 Å². The number of hydrogen-bond acceptors (Lipinski definition) is 1. The molecule has 1 heterocycles. The highest BCUT2D eigenvalue weighted by atomic mass is 79.9. The van der Waals surface area contributed by atoms with E-state index < -0.39 is 0 Å². The van der Waals surface area contributed by atoms with Crippen molar-refractivity contribution in [3.63, 3.8) is 0 Å². The van der Waals surface area contributed by atoms with Crippen LogP contribution in [0.25, 0.3) is 0 Å². The smallest absolute Gasteiger partial charge is 0.0212 e. The summed E-state index contributed by atoms with van der Waals surface area (Å²) in [6, 6.07) is 4.24. The third-order valence-electron chi connectivity index (χ3n) is 1.15. The van der Waals surface area contributed by atoms with Crippen LogP contribution in [0.5, 0.6) is 0 Å². The molecule has 0 nitrogen and oxygen atoms in total. The van der Waals surface area contributed by atoms with E-state index >= 15 is 0 Å². The summed E-state index contributed by atoms with van der Waals surface area (Å²) in [6.07, 6.45) is 5.38. The average molecular weight is 217 g/mol. The predicted molar refractivity (Wildman–Crippen MR) is 51.0 cm³/mol. The molecule has 10 heavy (non-hydrogen) atoms. The van der Waals surface area contributed by atoms with E-state index in [1.807, 2.05) is 0 Å². The maximum atomic E-state index is 3.33. The number of halogens is 1. The van der Waals surface area contributed by atoms with Gasteiger partial charge in [-0.05, 0) is 17.9 Å². The molecule has 1 aromatic rings. The molecule has 0 fully saturated rings. The predicted octanol–water partition coefficient (Wildman–Crippen LogP) is 3.24. The molecule has 0 saturated heterocycles. The van der Waals surface area contributed by atoms with Crippen molar-refractivity contribution >= 4 is 27.3 Å². The molecule has 2 heteroatoms. The lowest BCUT2D eigenvalue weighted by Gasteiger charge is -1.84. The van der Waals surface area contributed by atoms with Crippen LogP contribution in [0.2, 0.25) is 0 Å². The van der Waals surface area contributed by atoms with E-state index in [9.17, 15) is 0 Å². The molecule has 0 amide bonds. The van der Waals surface area contributed by atoms with Gasteiger partial charge in [0.1, 0.15) is 0 Å². The van der Waals surface area contributed by atoms with Crippen molar-refractivity contribution in [1.29, 1.82) is 0 Å². The van der Waals surface area contributed by atoms with E-state index in [1.165, 1.54) is 4.88 Å².